The summed E-state index contributed by atoms with van der Waals surface area (Å²) in [6.45, 7) is 11.0. The van der Waals surface area contributed by atoms with Gasteiger partial charge in [-0.15, -0.1) is 0 Å². The third-order valence-corrected chi connectivity index (χ3v) is 14.7. The predicted octanol–water partition coefficient (Wildman–Crippen LogP) is 9.37. The molecule has 2 atom stereocenters. The number of unbranched alkanes of at least 4 members (excludes halogenated alkanes) is 4. The molecule has 4 aromatic rings. The zero-order valence-electron chi connectivity index (χ0n) is 30.3. The average Bonchev–Trinajstić information content (AvgIpc) is 3.11. The van der Waals surface area contributed by atoms with Crippen LogP contribution in [-0.2, 0) is 27.0 Å². The highest BCUT2D eigenvalue weighted by Gasteiger charge is 2.51. The smallest absolute Gasteiger partial charge is 0.261 e. The second-order valence-corrected chi connectivity index (χ2v) is 18.4. The van der Waals surface area contributed by atoms with Crippen LogP contribution in [0.15, 0.2) is 121 Å². The van der Waals surface area contributed by atoms with Gasteiger partial charge in [0.05, 0.1) is 6.04 Å². The Morgan fingerprint density at radius 3 is 1.46 bits per heavy atom. The Labute approximate surface area is 292 Å². The van der Waals surface area contributed by atoms with Crippen molar-refractivity contribution in [1.82, 2.24) is 4.90 Å². The zero-order chi connectivity index (χ0) is 34.2. The monoisotopic (exact) mass is 665 g/mol. The Kier molecular flexibility index (Phi) is 15.1. The van der Waals surface area contributed by atoms with Crippen molar-refractivity contribution < 1.29 is 13.9 Å². The van der Waals surface area contributed by atoms with E-state index in [0.717, 1.165) is 32.4 Å². The summed E-state index contributed by atoms with van der Waals surface area (Å²) in [4.78, 5) is 2.54. The molecule has 0 unspecified atom stereocenters. The number of hydrogen-bond acceptors (Lipinski definition) is 4. The summed E-state index contributed by atoms with van der Waals surface area (Å²) in [5, 5.41) is 2.52. The molecule has 4 aromatic carbocycles. The molecule has 258 valence electrons. The zero-order valence-corrected chi connectivity index (χ0v) is 31.3. The Morgan fingerprint density at radius 1 is 0.604 bits per heavy atom. The molecule has 0 saturated heterocycles. The maximum Gasteiger partial charge on any atom is 0.261 e. The molecule has 0 bridgehead atoms. The molecule has 0 aliphatic heterocycles. The minimum atomic E-state index is -2.79. The lowest BCUT2D eigenvalue weighted by molar-refractivity contribution is -0.156. The molecule has 0 aliphatic carbocycles. The molecule has 0 radical (unpaired) electrons. The minimum Gasteiger partial charge on any atom is -0.404 e. The molecule has 0 spiro atoms. The Hall–Kier alpha value is -3.06. The molecule has 0 fully saturated rings. The fourth-order valence-electron chi connectivity index (χ4n) is 7.18. The standard InChI is InChI=1S/C43H59NO3Si/c1-7-8-9-10-19-28-38(47-48(43(2,3)4,39-29-20-13-21-30-39)40-31-22-14-23-32-40)33-41(42(45-5)46-6)44(34-36-24-15-11-16-25-36)35-37-26-17-12-18-27-37/h11-18,20-27,29-32,38,41-42H,7-10,19,28,33-35H2,1-6H3/t38-,41-/m1/s1. The number of rotatable bonds is 20. The SMILES string of the molecule is CCCCCCC[C@H](C[C@H](C(OC)OC)N(Cc1ccccc1)Cc1ccccc1)O[Si](c1ccccc1)(c1ccccc1)C(C)(C)C. The van der Waals surface area contributed by atoms with E-state index in [0.29, 0.717) is 0 Å². The first-order chi connectivity index (χ1) is 23.3. The highest BCUT2D eigenvalue weighted by molar-refractivity contribution is 6.99. The topological polar surface area (TPSA) is 30.9 Å². The van der Waals surface area contributed by atoms with Gasteiger partial charge in [0.15, 0.2) is 6.29 Å². The lowest BCUT2D eigenvalue weighted by Crippen LogP contribution is -2.68. The molecule has 4 rings (SSSR count). The van der Waals surface area contributed by atoms with Crippen LogP contribution in [0.5, 0.6) is 0 Å². The summed E-state index contributed by atoms with van der Waals surface area (Å²) in [5.74, 6) is 0. The van der Waals surface area contributed by atoms with E-state index in [9.17, 15) is 0 Å². The highest BCUT2D eigenvalue weighted by Crippen LogP contribution is 2.39. The molecule has 5 heteroatoms. The van der Waals surface area contributed by atoms with E-state index in [1.165, 1.54) is 47.2 Å². The van der Waals surface area contributed by atoms with Gasteiger partial charge < -0.3 is 13.9 Å². The fourth-order valence-corrected chi connectivity index (χ4v) is 11.9. The van der Waals surface area contributed by atoms with Crippen LogP contribution in [0.1, 0.15) is 83.8 Å². The van der Waals surface area contributed by atoms with Gasteiger partial charge in [-0.2, -0.15) is 0 Å². The van der Waals surface area contributed by atoms with Crippen molar-refractivity contribution in [3.8, 4) is 0 Å². The molecular weight excluding hydrogens is 607 g/mol. The normalized spacial score (nSPS) is 13.6. The van der Waals surface area contributed by atoms with E-state index in [1.54, 1.807) is 14.2 Å². The van der Waals surface area contributed by atoms with Crippen LogP contribution >= 0.6 is 0 Å². The molecule has 0 aromatic heterocycles. The molecule has 0 amide bonds. The van der Waals surface area contributed by atoms with E-state index in [4.69, 9.17) is 13.9 Å². The van der Waals surface area contributed by atoms with Gasteiger partial charge in [-0.25, -0.2) is 0 Å². The van der Waals surface area contributed by atoms with Crippen LogP contribution in [0.3, 0.4) is 0 Å². The largest absolute Gasteiger partial charge is 0.404 e. The van der Waals surface area contributed by atoms with Gasteiger partial charge in [-0.3, -0.25) is 4.90 Å². The molecule has 4 nitrogen and oxygen atoms in total. The quantitative estimate of drug-likeness (QED) is 0.0535. The van der Waals surface area contributed by atoms with Gasteiger partial charge in [0.25, 0.3) is 8.32 Å². The summed E-state index contributed by atoms with van der Waals surface area (Å²) >= 11 is 0. The third-order valence-electron chi connectivity index (χ3n) is 9.60. The van der Waals surface area contributed by atoms with Gasteiger partial charge in [0.2, 0.25) is 0 Å². The van der Waals surface area contributed by atoms with Crippen LogP contribution in [0.2, 0.25) is 5.04 Å². The van der Waals surface area contributed by atoms with Crippen LogP contribution < -0.4 is 10.4 Å². The maximum absolute atomic E-state index is 7.90. The van der Waals surface area contributed by atoms with Gasteiger partial charge in [-0.1, -0.05) is 181 Å². The van der Waals surface area contributed by atoms with Crippen molar-refractivity contribution >= 4 is 18.7 Å². The van der Waals surface area contributed by atoms with Gasteiger partial charge in [0.1, 0.15) is 0 Å². The summed E-state index contributed by atoms with van der Waals surface area (Å²) in [6.07, 6.45) is 7.51. The van der Waals surface area contributed by atoms with Crippen LogP contribution in [0, 0.1) is 0 Å². The number of methoxy groups -OCH3 is 2. The summed E-state index contributed by atoms with van der Waals surface area (Å²) in [5.41, 5.74) is 2.54. The fraction of sp³-hybridized carbons (Fsp3) is 0.442. The number of benzene rings is 4. The highest BCUT2D eigenvalue weighted by atomic mass is 28.4. The average molecular weight is 666 g/mol. The second kappa shape index (κ2) is 19.2. The molecule has 48 heavy (non-hydrogen) atoms. The van der Waals surface area contributed by atoms with E-state index in [-0.39, 0.29) is 17.2 Å². The van der Waals surface area contributed by atoms with E-state index >= 15 is 0 Å². The summed E-state index contributed by atoms with van der Waals surface area (Å²) in [6, 6.07) is 43.6. The van der Waals surface area contributed by atoms with Crippen molar-refractivity contribution in [2.24, 2.45) is 0 Å². The van der Waals surface area contributed by atoms with Gasteiger partial charge >= 0.3 is 0 Å². The lowest BCUT2D eigenvalue weighted by Gasteiger charge is -2.46. The van der Waals surface area contributed by atoms with Gasteiger partial charge in [-0.05, 0) is 39.4 Å². The van der Waals surface area contributed by atoms with Crippen LogP contribution in [0.4, 0.5) is 0 Å². The second-order valence-electron chi connectivity index (χ2n) is 14.1. The number of nitrogens with zero attached hydrogens (tertiary/aromatic N) is 1. The molecule has 0 aliphatic rings. The lowest BCUT2D eigenvalue weighted by atomic mass is 9.99. The van der Waals surface area contributed by atoms with Crippen molar-refractivity contribution in [2.45, 2.75) is 109 Å². The Morgan fingerprint density at radius 2 is 1.04 bits per heavy atom. The molecule has 0 N–H and O–H groups in total. The predicted molar refractivity (Wildman–Crippen MR) is 204 cm³/mol. The first-order valence-corrected chi connectivity index (χ1v) is 19.9. The first kappa shape index (κ1) is 37.8. The summed E-state index contributed by atoms with van der Waals surface area (Å²) in [7, 11) is 0.749. The van der Waals surface area contributed by atoms with E-state index in [2.05, 4.69) is 154 Å². The number of hydrogen-bond donors (Lipinski definition) is 0. The molecule has 0 saturated carbocycles. The van der Waals surface area contributed by atoms with Crippen molar-refractivity contribution in [2.75, 3.05) is 14.2 Å². The maximum atomic E-state index is 7.90. The van der Waals surface area contributed by atoms with Crippen LogP contribution in [-0.4, -0.2) is 45.9 Å². The molecule has 0 heterocycles. The number of ether oxygens (including phenoxy) is 2. The first-order valence-electron chi connectivity index (χ1n) is 18.0. The third kappa shape index (κ3) is 10.2. The van der Waals surface area contributed by atoms with Gasteiger partial charge in [0, 0.05) is 33.4 Å². The summed E-state index contributed by atoms with van der Waals surface area (Å²) < 4.78 is 20.2. The van der Waals surface area contributed by atoms with Crippen molar-refractivity contribution in [3.63, 3.8) is 0 Å². The Balaban J connectivity index is 1.81. The van der Waals surface area contributed by atoms with Crippen LogP contribution in [0.25, 0.3) is 0 Å². The van der Waals surface area contributed by atoms with E-state index in [1.807, 2.05) is 0 Å². The Bertz CT molecular complexity index is 1330. The van der Waals surface area contributed by atoms with E-state index < -0.39 is 14.6 Å². The minimum absolute atomic E-state index is 0.00442. The molecular formula is C43H59NO3Si. The van der Waals surface area contributed by atoms with Crippen molar-refractivity contribution in [3.05, 3.63) is 132 Å². The van der Waals surface area contributed by atoms with Crippen molar-refractivity contribution in [1.29, 1.82) is 0 Å².